The maximum Gasteiger partial charge on any atom is 0.356 e. The Morgan fingerprint density at radius 3 is 2.46 bits per heavy atom. The van der Waals surface area contributed by atoms with Crippen LogP contribution in [0.25, 0.3) is 0 Å². The van der Waals surface area contributed by atoms with Gasteiger partial charge in [-0.05, 0) is 25.0 Å². The molecule has 1 N–H and O–H groups in total. The van der Waals surface area contributed by atoms with E-state index in [-0.39, 0.29) is 11.6 Å². The van der Waals surface area contributed by atoms with Gasteiger partial charge in [-0.3, -0.25) is 4.79 Å². The summed E-state index contributed by atoms with van der Waals surface area (Å²) in [5.41, 5.74) is 0.992. The predicted molar refractivity (Wildman–Crippen MR) is 104 cm³/mol. The maximum absolute atomic E-state index is 12.8. The van der Waals surface area contributed by atoms with Gasteiger partial charge in [-0.15, -0.1) is 0 Å². The maximum atomic E-state index is 12.8. The predicted octanol–water partition coefficient (Wildman–Crippen LogP) is 1.85. The van der Waals surface area contributed by atoms with Gasteiger partial charge in [-0.25, -0.2) is 14.8 Å². The molecule has 0 saturated carbocycles. The van der Waals surface area contributed by atoms with Crippen molar-refractivity contribution < 1.29 is 19.4 Å². The van der Waals surface area contributed by atoms with E-state index in [1.54, 1.807) is 11.8 Å². The number of para-hydroxylation sites is 1. The molecule has 1 amide bonds. The van der Waals surface area contributed by atoms with Crippen LogP contribution >= 0.6 is 0 Å². The van der Waals surface area contributed by atoms with Crippen LogP contribution in [0.15, 0.2) is 36.7 Å². The Kier molecular flexibility index (Phi) is 6.08. The number of aryl methyl sites for hydroxylation is 1. The number of carboxylic acids is 1. The van der Waals surface area contributed by atoms with Gasteiger partial charge in [0, 0.05) is 26.2 Å². The Labute approximate surface area is 163 Å². The molecule has 8 heteroatoms. The molecule has 1 atom stereocenters. The van der Waals surface area contributed by atoms with Gasteiger partial charge < -0.3 is 19.6 Å². The van der Waals surface area contributed by atoms with Crippen molar-refractivity contribution in [1.82, 2.24) is 14.9 Å². The number of hydrogen-bond acceptors (Lipinski definition) is 6. The number of nitrogens with zero attached hydrogens (tertiary/aromatic N) is 4. The van der Waals surface area contributed by atoms with Crippen molar-refractivity contribution in [1.29, 1.82) is 0 Å². The molecule has 2 heterocycles. The number of hydrogen-bond donors (Lipinski definition) is 1. The summed E-state index contributed by atoms with van der Waals surface area (Å²) >= 11 is 0. The molecular formula is C20H24N4O4. The van der Waals surface area contributed by atoms with Crippen molar-refractivity contribution in [3.8, 4) is 5.75 Å². The molecule has 3 rings (SSSR count). The minimum absolute atomic E-state index is 0.0436. The molecule has 2 aromatic rings. The van der Waals surface area contributed by atoms with E-state index in [0.717, 1.165) is 17.7 Å². The first-order valence-electron chi connectivity index (χ1n) is 9.33. The van der Waals surface area contributed by atoms with E-state index >= 15 is 0 Å². The van der Waals surface area contributed by atoms with Crippen LogP contribution in [0.1, 0.15) is 29.9 Å². The standard InChI is InChI=1S/C20H24N4O4/c1-3-15-6-4-5-7-17(15)28-14(2)19(25)24-10-8-23(9-11-24)18-13-21-16(12-22-18)20(26)27/h4-7,12-14H,3,8-11H2,1-2H3,(H,26,27). The van der Waals surface area contributed by atoms with Crippen molar-refractivity contribution in [2.24, 2.45) is 0 Å². The number of piperazine rings is 1. The Morgan fingerprint density at radius 1 is 1.14 bits per heavy atom. The second-order valence-electron chi connectivity index (χ2n) is 6.60. The minimum atomic E-state index is -1.10. The van der Waals surface area contributed by atoms with Crippen molar-refractivity contribution in [2.45, 2.75) is 26.4 Å². The van der Waals surface area contributed by atoms with E-state index in [1.165, 1.54) is 12.4 Å². The van der Waals surface area contributed by atoms with Crippen LogP contribution in [0.2, 0.25) is 0 Å². The first-order chi connectivity index (χ1) is 13.5. The SMILES string of the molecule is CCc1ccccc1OC(C)C(=O)N1CCN(c2cnc(C(=O)O)cn2)CC1. The summed E-state index contributed by atoms with van der Waals surface area (Å²) in [4.78, 5) is 35.4. The van der Waals surface area contributed by atoms with Gasteiger partial charge in [0.15, 0.2) is 11.8 Å². The number of carbonyl (C=O) groups is 2. The molecular weight excluding hydrogens is 360 g/mol. The minimum Gasteiger partial charge on any atom is -0.481 e. The molecule has 0 radical (unpaired) electrons. The lowest BCUT2D eigenvalue weighted by atomic mass is 10.1. The fourth-order valence-corrected chi connectivity index (χ4v) is 3.16. The second kappa shape index (κ2) is 8.69. The molecule has 0 aliphatic carbocycles. The molecule has 1 aromatic carbocycles. The van der Waals surface area contributed by atoms with E-state index in [4.69, 9.17) is 9.84 Å². The average molecular weight is 384 g/mol. The lowest BCUT2D eigenvalue weighted by molar-refractivity contribution is -0.138. The summed E-state index contributed by atoms with van der Waals surface area (Å²) in [6.45, 7) is 6.13. The van der Waals surface area contributed by atoms with E-state index in [1.807, 2.05) is 29.2 Å². The summed E-state index contributed by atoms with van der Waals surface area (Å²) in [6, 6.07) is 7.76. The topological polar surface area (TPSA) is 95.9 Å². The Balaban J connectivity index is 1.56. The number of aromatic nitrogens is 2. The van der Waals surface area contributed by atoms with Crippen LogP contribution in [0.5, 0.6) is 5.75 Å². The highest BCUT2D eigenvalue weighted by Gasteiger charge is 2.27. The first kappa shape index (κ1) is 19.6. The number of carboxylic acid groups (broad SMARTS) is 1. The number of benzene rings is 1. The van der Waals surface area contributed by atoms with Crippen molar-refractivity contribution in [2.75, 3.05) is 31.1 Å². The monoisotopic (exact) mass is 384 g/mol. The summed E-state index contributed by atoms with van der Waals surface area (Å²) in [5.74, 6) is 0.211. The summed E-state index contributed by atoms with van der Waals surface area (Å²) < 4.78 is 5.92. The van der Waals surface area contributed by atoms with Gasteiger partial charge in [-0.1, -0.05) is 25.1 Å². The van der Waals surface area contributed by atoms with Gasteiger partial charge in [0.1, 0.15) is 11.6 Å². The van der Waals surface area contributed by atoms with Gasteiger partial charge in [0.2, 0.25) is 0 Å². The zero-order chi connectivity index (χ0) is 20.1. The van der Waals surface area contributed by atoms with E-state index in [9.17, 15) is 9.59 Å². The Bertz CT molecular complexity index is 832. The fraction of sp³-hybridized carbons (Fsp3) is 0.400. The molecule has 1 saturated heterocycles. The number of rotatable bonds is 6. The highest BCUT2D eigenvalue weighted by atomic mass is 16.5. The molecule has 148 valence electrons. The first-order valence-corrected chi connectivity index (χ1v) is 9.33. The van der Waals surface area contributed by atoms with E-state index < -0.39 is 12.1 Å². The Hall–Kier alpha value is -3.16. The molecule has 0 spiro atoms. The lowest BCUT2D eigenvalue weighted by Crippen LogP contribution is -2.52. The van der Waals surface area contributed by atoms with Crippen LogP contribution < -0.4 is 9.64 Å². The van der Waals surface area contributed by atoms with Crippen LogP contribution in [0.3, 0.4) is 0 Å². The summed E-state index contributed by atoms with van der Waals surface area (Å²) in [7, 11) is 0. The van der Waals surface area contributed by atoms with Gasteiger partial charge in [0.05, 0.1) is 12.4 Å². The summed E-state index contributed by atoms with van der Waals surface area (Å²) in [6.07, 6.45) is 2.98. The average Bonchev–Trinajstić information content (AvgIpc) is 2.73. The molecule has 28 heavy (non-hydrogen) atoms. The lowest BCUT2D eigenvalue weighted by Gasteiger charge is -2.36. The van der Waals surface area contributed by atoms with Crippen LogP contribution in [-0.2, 0) is 11.2 Å². The Morgan fingerprint density at radius 2 is 1.86 bits per heavy atom. The van der Waals surface area contributed by atoms with Crippen molar-refractivity contribution in [3.63, 3.8) is 0 Å². The third-order valence-corrected chi connectivity index (χ3v) is 4.78. The number of anilines is 1. The molecule has 8 nitrogen and oxygen atoms in total. The van der Waals surface area contributed by atoms with Crippen molar-refractivity contribution in [3.05, 3.63) is 47.9 Å². The molecule has 1 unspecified atom stereocenters. The number of amides is 1. The van der Waals surface area contributed by atoms with Crippen LogP contribution in [0, 0.1) is 0 Å². The van der Waals surface area contributed by atoms with Gasteiger partial charge >= 0.3 is 5.97 Å². The van der Waals surface area contributed by atoms with Crippen LogP contribution in [-0.4, -0.2) is 64.1 Å². The normalized spacial score (nSPS) is 15.2. The quantitative estimate of drug-likeness (QED) is 0.812. The number of carbonyl (C=O) groups excluding carboxylic acids is 1. The van der Waals surface area contributed by atoms with Crippen molar-refractivity contribution >= 4 is 17.7 Å². The molecule has 1 fully saturated rings. The fourth-order valence-electron chi connectivity index (χ4n) is 3.16. The highest BCUT2D eigenvalue weighted by Crippen LogP contribution is 2.21. The number of ether oxygens (including phenoxy) is 1. The zero-order valence-corrected chi connectivity index (χ0v) is 16.0. The highest BCUT2D eigenvalue weighted by molar-refractivity contribution is 5.85. The van der Waals surface area contributed by atoms with Gasteiger partial charge in [-0.2, -0.15) is 0 Å². The van der Waals surface area contributed by atoms with Gasteiger partial charge in [0.25, 0.3) is 5.91 Å². The second-order valence-corrected chi connectivity index (χ2v) is 6.60. The molecule has 1 aliphatic rings. The molecule has 1 aromatic heterocycles. The smallest absolute Gasteiger partial charge is 0.356 e. The van der Waals surface area contributed by atoms with E-state index in [0.29, 0.717) is 32.0 Å². The summed E-state index contributed by atoms with van der Waals surface area (Å²) in [5, 5.41) is 8.90. The third kappa shape index (κ3) is 4.39. The largest absolute Gasteiger partial charge is 0.481 e. The third-order valence-electron chi connectivity index (χ3n) is 4.78. The van der Waals surface area contributed by atoms with E-state index in [2.05, 4.69) is 16.9 Å². The number of aromatic carboxylic acids is 1. The molecule has 1 aliphatic heterocycles. The molecule has 0 bridgehead atoms. The zero-order valence-electron chi connectivity index (χ0n) is 16.0. The van der Waals surface area contributed by atoms with Crippen LogP contribution in [0.4, 0.5) is 5.82 Å².